The molecular weight excluding hydrogens is 376 g/mol. The highest BCUT2D eigenvalue weighted by Crippen LogP contribution is 2.17. The first kappa shape index (κ1) is 23.5. The smallest absolute Gasteiger partial charge is 0.261 e. The number of carbonyl (C=O) groups excluding carboxylic acids is 2. The zero-order valence-electron chi connectivity index (χ0n) is 19.0. The number of nitrogens with one attached hydrogen (secondary N) is 1. The van der Waals surface area contributed by atoms with Crippen LogP contribution in [0.5, 0.6) is 5.75 Å². The fourth-order valence-electron chi connectivity index (χ4n) is 3.30. The van der Waals surface area contributed by atoms with Gasteiger partial charge in [-0.25, -0.2) is 0 Å². The Kier molecular flexibility index (Phi) is 8.46. The summed E-state index contributed by atoms with van der Waals surface area (Å²) in [6.07, 6.45) is 0.833. The van der Waals surface area contributed by atoms with E-state index in [0.717, 1.165) is 28.7 Å². The number of aryl methyl sites for hydroxylation is 3. The Morgan fingerprint density at radius 3 is 2.27 bits per heavy atom. The van der Waals surface area contributed by atoms with Gasteiger partial charge in [0.2, 0.25) is 5.91 Å². The fourth-order valence-corrected chi connectivity index (χ4v) is 3.30. The SMILES string of the molecule is CC[C@H](C)NC(=O)[C@H](C)N(Cc1cccc(C)c1)C(=O)COc1cc(C)cc(C)c1. The number of carbonyl (C=O) groups is 2. The molecule has 0 aliphatic carbocycles. The van der Waals surface area contributed by atoms with E-state index >= 15 is 0 Å². The lowest BCUT2D eigenvalue weighted by atomic mass is 10.1. The van der Waals surface area contributed by atoms with Crippen LogP contribution < -0.4 is 10.1 Å². The molecule has 0 bridgehead atoms. The summed E-state index contributed by atoms with van der Waals surface area (Å²) >= 11 is 0. The topological polar surface area (TPSA) is 58.6 Å². The molecule has 0 spiro atoms. The number of amides is 2. The summed E-state index contributed by atoms with van der Waals surface area (Å²) in [5.74, 6) is 0.285. The van der Waals surface area contributed by atoms with Crippen molar-refractivity contribution in [2.24, 2.45) is 0 Å². The molecule has 0 aliphatic heterocycles. The summed E-state index contributed by atoms with van der Waals surface area (Å²) < 4.78 is 5.78. The minimum Gasteiger partial charge on any atom is -0.484 e. The second kappa shape index (κ2) is 10.8. The summed E-state index contributed by atoms with van der Waals surface area (Å²) in [5.41, 5.74) is 4.26. The van der Waals surface area contributed by atoms with Gasteiger partial charge in [-0.15, -0.1) is 0 Å². The van der Waals surface area contributed by atoms with Crippen molar-refractivity contribution in [2.45, 2.75) is 66.6 Å². The number of benzene rings is 2. The maximum absolute atomic E-state index is 13.1. The van der Waals surface area contributed by atoms with Crippen LogP contribution in [0.4, 0.5) is 0 Å². The molecule has 5 nitrogen and oxygen atoms in total. The van der Waals surface area contributed by atoms with Gasteiger partial charge in [-0.2, -0.15) is 0 Å². The molecule has 5 heteroatoms. The number of hydrogen-bond donors (Lipinski definition) is 1. The zero-order chi connectivity index (χ0) is 22.3. The van der Waals surface area contributed by atoms with E-state index in [-0.39, 0.29) is 24.5 Å². The van der Waals surface area contributed by atoms with Crippen molar-refractivity contribution in [1.82, 2.24) is 10.2 Å². The quantitative estimate of drug-likeness (QED) is 0.670. The molecule has 2 amide bonds. The highest BCUT2D eigenvalue weighted by Gasteiger charge is 2.27. The van der Waals surface area contributed by atoms with Gasteiger partial charge in [0.1, 0.15) is 11.8 Å². The Bertz CT molecular complexity index is 858. The van der Waals surface area contributed by atoms with Crippen LogP contribution in [-0.4, -0.2) is 35.4 Å². The van der Waals surface area contributed by atoms with Gasteiger partial charge in [0, 0.05) is 12.6 Å². The largest absolute Gasteiger partial charge is 0.484 e. The molecule has 0 radical (unpaired) electrons. The summed E-state index contributed by atoms with van der Waals surface area (Å²) in [5, 5.41) is 2.98. The van der Waals surface area contributed by atoms with Crippen LogP contribution in [0.1, 0.15) is 49.4 Å². The lowest BCUT2D eigenvalue weighted by molar-refractivity contribution is -0.142. The van der Waals surface area contributed by atoms with E-state index in [4.69, 9.17) is 4.74 Å². The molecule has 30 heavy (non-hydrogen) atoms. The molecule has 2 aromatic carbocycles. The normalized spacial score (nSPS) is 12.7. The third-order valence-corrected chi connectivity index (χ3v) is 5.16. The van der Waals surface area contributed by atoms with Crippen LogP contribution in [0.2, 0.25) is 0 Å². The van der Waals surface area contributed by atoms with Gasteiger partial charge in [-0.1, -0.05) is 42.8 Å². The number of ether oxygens (including phenoxy) is 1. The van der Waals surface area contributed by atoms with Gasteiger partial charge in [-0.3, -0.25) is 9.59 Å². The highest BCUT2D eigenvalue weighted by atomic mass is 16.5. The predicted molar refractivity (Wildman–Crippen MR) is 120 cm³/mol. The van der Waals surface area contributed by atoms with Crippen LogP contribution in [-0.2, 0) is 16.1 Å². The van der Waals surface area contributed by atoms with E-state index in [2.05, 4.69) is 11.4 Å². The van der Waals surface area contributed by atoms with Crippen LogP contribution >= 0.6 is 0 Å². The maximum atomic E-state index is 13.1. The lowest BCUT2D eigenvalue weighted by Crippen LogP contribution is -2.50. The molecule has 1 N–H and O–H groups in total. The molecule has 2 atom stereocenters. The first-order chi connectivity index (χ1) is 14.2. The summed E-state index contributed by atoms with van der Waals surface area (Å²) in [6.45, 7) is 12.0. The number of rotatable bonds is 9. The van der Waals surface area contributed by atoms with Crippen LogP contribution in [0.15, 0.2) is 42.5 Å². The van der Waals surface area contributed by atoms with Gasteiger partial charge in [0.05, 0.1) is 0 Å². The third-order valence-electron chi connectivity index (χ3n) is 5.16. The number of nitrogens with zero attached hydrogens (tertiary/aromatic N) is 1. The van der Waals surface area contributed by atoms with Crippen LogP contribution in [0.3, 0.4) is 0 Å². The average Bonchev–Trinajstić information content (AvgIpc) is 2.69. The third kappa shape index (κ3) is 6.90. The van der Waals surface area contributed by atoms with Crippen molar-refractivity contribution in [1.29, 1.82) is 0 Å². The molecule has 0 unspecified atom stereocenters. The van der Waals surface area contributed by atoms with Crippen molar-refractivity contribution in [2.75, 3.05) is 6.61 Å². The molecule has 0 saturated carbocycles. The van der Waals surface area contributed by atoms with Gasteiger partial charge >= 0.3 is 0 Å². The Labute approximate surface area is 180 Å². The highest BCUT2D eigenvalue weighted by molar-refractivity contribution is 5.88. The molecule has 0 aliphatic rings. The van der Waals surface area contributed by atoms with Gasteiger partial charge in [0.15, 0.2) is 6.61 Å². The molecule has 0 aromatic heterocycles. The first-order valence-electron chi connectivity index (χ1n) is 10.6. The Morgan fingerprint density at radius 1 is 1.00 bits per heavy atom. The second-order valence-electron chi connectivity index (χ2n) is 8.12. The predicted octanol–water partition coefficient (Wildman–Crippen LogP) is 4.32. The zero-order valence-corrected chi connectivity index (χ0v) is 19.0. The first-order valence-corrected chi connectivity index (χ1v) is 10.6. The molecule has 2 rings (SSSR count). The standard InChI is InChI=1S/C25H34N2O3/c1-7-20(5)26-25(29)21(6)27(15-22-10-8-9-17(2)12-22)24(28)16-30-23-13-18(3)11-19(4)14-23/h8-14,20-21H,7,15-16H2,1-6H3,(H,26,29)/t20-,21-/m0/s1. The summed E-state index contributed by atoms with van der Waals surface area (Å²) in [4.78, 5) is 27.4. The molecule has 0 fully saturated rings. The van der Waals surface area contributed by atoms with Crippen molar-refractivity contribution >= 4 is 11.8 Å². The minimum atomic E-state index is -0.602. The molecular formula is C25H34N2O3. The molecule has 0 heterocycles. The minimum absolute atomic E-state index is 0.0578. The maximum Gasteiger partial charge on any atom is 0.261 e. The van der Waals surface area contributed by atoms with Gasteiger partial charge < -0.3 is 15.0 Å². The average molecular weight is 411 g/mol. The Morgan fingerprint density at radius 2 is 1.67 bits per heavy atom. The van der Waals surface area contributed by atoms with Gasteiger partial charge in [0.25, 0.3) is 5.91 Å². The second-order valence-corrected chi connectivity index (χ2v) is 8.12. The van der Waals surface area contributed by atoms with E-state index in [9.17, 15) is 9.59 Å². The molecule has 2 aromatic rings. The van der Waals surface area contributed by atoms with E-state index in [1.165, 1.54) is 0 Å². The lowest BCUT2D eigenvalue weighted by Gasteiger charge is -2.29. The van der Waals surface area contributed by atoms with Crippen molar-refractivity contribution < 1.29 is 14.3 Å². The molecule has 0 saturated heterocycles. The van der Waals surface area contributed by atoms with E-state index in [1.807, 2.05) is 71.0 Å². The van der Waals surface area contributed by atoms with Crippen molar-refractivity contribution in [3.8, 4) is 5.75 Å². The van der Waals surface area contributed by atoms with Crippen molar-refractivity contribution in [3.63, 3.8) is 0 Å². The Balaban J connectivity index is 2.17. The molecule has 162 valence electrons. The Hall–Kier alpha value is -2.82. The van der Waals surface area contributed by atoms with E-state index in [1.54, 1.807) is 11.8 Å². The van der Waals surface area contributed by atoms with Crippen molar-refractivity contribution in [3.05, 3.63) is 64.7 Å². The summed E-state index contributed by atoms with van der Waals surface area (Å²) in [6, 6.07) is 13.3. The van der Waals surface area contributed by atoms with Crippen LogP contribution in [0.25, 0.3) is 0 Å². The van der Waals surface area contributed by atoms with Gasteiger partial charge in [-0.05, 0) is 69.9 Å². The fraction of sp³-hybridized carbons (Fsp3) is 0.440. The van der Waals surface area contributed by atoms with E-state index in [0.29, 0.717) is 12.3 Å². The summed E-state index contributed by atoms with van der Waals surface area (Å²) in [7, 11) is 0. The van der Waals surface area contributed by atoms with Crippen LogP contribution in [0, 0.1) is 20.8 Å². The number of hydrogen-bond acceptors (Lipinski definition) is 3. The van der Waals surface area contributed by atoms with E-state index < -0.39 is 6.04 Å². The monoisotopic (exact) mass is 410 g/mol.